The molecular formula is C12H24O4S. The van der Waals surface area contributed by atoms with Gasteiger partial charge in [0, 0.05) is 26.0 Å². The highest BCUT2D eigenvalue weighted by molar-refractivity contribution is 7.94. The lowest BCUT2D eigenvalue weighted by molar-refractivity contribution is -0.111. The lowest BCUT2D eigenvalue weighted by Crippen LogP contribution is -2.17. The molecular weight excluding hydrogens is 240 g/mol. The molecule has 17 heavy (non-hydrogen) atoms. The first-order valence-electron chi connectivity index (χ1n) is 5.95. The largest absolute Gasteiger partial charge is 0.356 e. The van der Waals surface area contributed by atoms with E-state index in [0.29, 0.717) is 12.8 Å². The third-order valence-electron chi connectivity index (χ3n) is 2.59. The molecule has 0 aliphatic heterocycles. The molecule has 0 spiro atoms. The molecule has 0 rings (SSSR count). The number of methoxy groups -OCH3 is 2. The van der Waals surface area contributed by atoms with E-state index < -0.39 is 9.84 Å². The third kappa shape index (κ3) is 7.52. The van der Waals surface area contributed by atoms with Crippen LogP contribution in [0.5, 0.6) is 0 Å². The van der Waals surface area contributed by atoms with E-state index in [0.717, 1.165) is 6.42 Å². The number of rotatable bonds is 9. The van der Waals surface area contributed by atoms with Crippen molar-refractivity contribution in [2.45, 2.75) is 39.4 Å². The highest BCUT2D eigenvalue weighted by Crippen LogP contribution is 2.16. The van der Waals surface area contributed by atoms with Gasteiger partial charge in [0.15, 0.2) is 16.1 Å². The molecule has 1 atom stereocenters. The van der Waals surface area contributed by atoms with Crippen LogP contribution in [-0.4, -0.2) is 34.7 Å². The topological polar surface area (TPSA) is 52.6 Å². The first-order valence-corrected chi connectivity index (χ1v) is 7.67. The number of allylic oxidation sites excluding steroid dienone is 1. The summed E-state index contributed by atoms with van der Waals surface area (Å²) in [4.78, 5) is 0. The fraction of sp³-hybridized carbons (Fsp3) is 0.833. The Kier molecular flexibility index (Phi) is 8.47. The summed E-state index contributed by atoms with van der Waals surface area (Å²) in [7, 11) is 0.115. The maximum absolute atomic E-state index is 11.5. The summed E-state index contributed by atoms with van der Waals surface area (Å²) in [6.45, 7) is 3.87. The normalized spacial score (nSPS) is 14.6. The zero-order valence-corrected chi connectivity index (χ0v) is 12.0. The van der Waals surface area contributed by atoms with Gasteiger partial charge < -0.3 is 9.47 Å². The lowest BCUT2D eigenvalue weighted by atomic mass is 10.0. The molecule has 0 amide bonds. The molecule has 0 aromatic heterocycles. The minimum absolute atomic E-state index is 0.159. The van der Waals surface area contributed by atoms with Gasteiger partial charge in [-0.3, -0.25) is 0 Å². The molecule has 0 unspecified atom stereocenters. The van der Waals surface area contributed by atoms with Gasteiger partial charge in [0.1, 0.15) is 0 Å². The Hall–Kier alpha value is -0.390. The maximum Gasteiger partial charge on any atom is 0.171 e. The van der Waals surface area contributed by atoms with Gasteiger partial charge in [0.05, 0.1) is 5.75 Å². The van der Waals surface area contributed by atoms with Crippen LogP contribution in [0.2, 0.25) is 0 Å². The molecule has 5 heteroatoms. The van der Waals surface area contributed by atoms with Crippen molar-refractivity contribution < 1.29 is 17.9 Å². The second kappa shape index (κ2) is 8.66. The van der Waals surface area contributed by atoms with Crippen LogP contribution in [0.1, 0.15) is 33.1 Å². The fourth-order valence-corrected chi connectivity index (χ4v) is 2.67. The molecule has 102 valence electrons. The Morgan fingerprint density at radius 2 is 1.76 bits per heavy atom. The van der Waals surface area contributed by atoms with E-state index in [-0.39, 0.29) is 18.0 Å². The molecule has 0 fully saturated rings. The van der Waals surface area contributed by atoms with Crippen molar-refractivity contribution in [1.82, 2.24) is 0 Å². The first kappa shape index (κ1) is 16.6. The van der Waals surface area contributed by atoms with Crippen molar-refractivity contribution in [2.75, 3.05) is 20.0 Å². The molecule has 0 N–H and O–H groups in total. The summed E-state index contributed by atoms with van der Waals surface area (Å²) in [6.07, 6.45) is 3.64. The standard InChI is InChI=1S/C12H24O4S/c1-5-8-17(13,14)9-7-11(6-2)10-12(15-3)16-4/h7,9,11-12H,5-6,8,10H2,1-4H3/b9-7+/t11-/m0/s1. The smallest absolute Gasteiger partial charge is 0.171 e. The molecule has 4 nitrogen and oxygen atoms in total. The molecule has 0 saturated carbocycles. The SMILES string of the molecule is CCCS(=O)(=O)/C=C/[C@H](CC)CC(OC)OC. The van der Waals surface area contributed by atoms with E-state index >= 15 is 0 Å². The van der Waals surface area contributed by atoms with Gasteiger partial charge in [0.25, 0.3) is 0 Å². The second-order valence-corrected chi connectivity index (χ2v) is 6.01. The summed E-state index contributed by atoms with van der Waals surface area (Å²) in [5.41, 5.74) is 0. The highest BCUT2D eigenvalue weighted by Gasteiger charge is 2.13. The summed E-state index contributed by atoms with van der Waals surface area (Å²) < 4.78 is 33.3. The van der Waals surface area contributed by atoms with Gasteiger partial charge in [-0.15, -0.1) is 0 Å². The van der Waals surface area contributed by atoms with Crippen molar-refractivity contribution in [3.63, 3.8) is 0 Å². The van der Waals surface area contributed by atoms with Gasteiger partial charge >= 0.3 is 0 Å². The van der Waals surface area contributed by atoms with Crippen LogP contribution in [0.4, 0.5) is 0 Å². The van der Waals surface area contributed by atoms with Crippen LogP contribution in [0.25, 0.3) is 0 Å². The summed E-state index contributed by atoms with van der Waals surface area (Å²) in [5, 5.41) is 1.33. The molecule has 0 aliphatic carbocycles. The van der Waals surface area contributed by atoms with Crippen molar-refractivity contribution in [3.05, 3.63) is 11.5 Å². The van der Waals surface area contributed by atoms with Crippen molar-refractivity contribution in [3.8, 4) is 0 Å². The van der Waals surface area contributed by atoms with Crippen LogP contribution in [0.15, 0.2) is 11.5 Å². The Morgan fingerprint density at radius 1 is 1.18 bits per heavy atom. The second-order valence-electron chi connectivity index (χ2n) is 4.00. The van der Waals surface area contributed by atoms with Crippen LogP contribution in [-0.2, 0) is 19.3 Å². The summed E-state index contributed by atoms with van der Waals surface area (Å²) in [5.74, 6) is 0.365. The first-order chi connectivity index (χ1) is 7.99. The van der Waals surface area contributed by atoms with E-state index in [2.05, 4.69) is 0 Å². The monoisotopic (exact) mass is 264 g/mol. The Bertz CT molecular complexity index is 304. The molecule has 0 saturated heterocycles. The highest BCUT2D eigenvalue weighted by atomic mass is 32.2. The van der Waals surface area contributed by atoms with E-state index in [1.165, 1.54) is 5.41 Å². The fourth-order valence-electron chi connectivity index (χ4n) is 1.50. The summed E-state index contributed by atoms with van der Waals surface area (Å²) in [6, 6.07) is 0. The van der Waals surface area contributed by atoms with Crippen LogP contribution in [0.3, 0.4) is 0 Å². The third-order valence-corrected chi connectivity index (χ3v) is 4.14. The van der Waals surface area contributed by atoms with Gasteiger partial charge in [-0.05, 0) is 18.8 Å². The molecule has 0 aromatic carbocycles. The van der Waals surface area contributed by atoms with Crippen LogP contribution in [0, 0.1) is 5.92 Å². The van der Waals surface area contributed by atoms with E-state index in [9.17, 15) is 8.42 Å². The Morgan fingerprint density at radius 3 is 2.18 bits per heavy atom. The van der Waals surface area contributed by atoms with Crippen molar-refractivity contribution >= 4 is 9.84 Å². The lowest BCUT2D eigenvalue weighted by Gasteiger charge is -2.17. The molecule has 0 aliphatic rings. The van der Waals surface area contributed by atoms with E-state index in [1.54, 1.807) is 20.3 Å². The predicted octanol–water partition coefficient (Wildman–Crippen LogP) is 2.36. The average molecular weight is 264 g/mol. The number of hydrogen-bond donors (Lipinski definition) is 0. The number of ether oxygens (including phenoxy) is 2. The van der Waals surface area contributed by atoms with Gasteiger partial charge in [-0.1, -0.05) is 19.9 Å². The molecule has 0 radical (unpaired) electrons. The number of sulfone groups is 1. The Balaban J connectivity index is 4.44. The minimum atomic E-state index is -3.05. The van der Waals surface area contributed by atoms with Gasteiger partial charge in [0.2, 0.25) is 0 Å². The maximum atomic E-state index is 11.5. The zero-order valence-electron chi connectivity index (χ0n) is 11.2. The zero-order chi connectivity index (χ0) is 13.3. The minimum Gasteiger partial charge on any atom is -0.356 e. The molecule has 0 bridgehead atoms. The summed E-state index contributed by atoms with van der Waals surface area (Å²) >= 11 is 0. The van der Waals surface area contributed by atoms with Crippen molar-refractivity contribution in [1.29, 1.82) is 0 Å². The van der Waals surface area contributed by atoms with Gasteiger partial charge in [-0.25, -0.2) is 8.42 Å². The van der Waals surface area contributed by atoms with E-state index in [1.807, 2.05) is 13.8 Å². The number of hydrogen-bond acceptors (Lipinski definition) is 4. The molecule has 0 heterocycles. The van der Waals surface area contributed by atoms with Crippen molar-refractivity contribution in [2.24, 2.45) is 5.92 Å². The average Bonchev–Trinajstić information content (AvgIpc) is 2.29. The molecule has 0 aromatic rings. The van der Waals surface area contributed by atoms with Gasteiger partial charge in [-0.2, -0.15) is 0 Å². The quantitative estimate of drug-likeness (QED) is 0.600. The van der Waals surface area contributed by atoms with Crippen LogP contribution < -0.4 is 0 Å². The predicted molar refractivity (Wildman–Crippen MR) is 69.4 cm³/mol. The van der Waals surface area contributed by atoms with E-state index in [4.69, 9.17) is 9.47 Å². The Labute approximate surface area is 105 Å². The van der Waals surface area contributed by atoms with Crippen LogP contribution >= 0.6 is 0 Å².